The summed E-state index contributed by atoms with van der Waals surface area (Å²) >= 11 is 0. The Balaban J connectivity index is 1.34. The van der Waals surface area contributed by atoms with Gasteiger partial charge in [0.05, 0.1) is 0 Å². The number of carbonyl (C=O) groups excluding carboxylic acids is 1. The summed E-state index contributed by atoms with van der Waals surface area (Å²) in [6.45, 7) is 0.510. The van der Waals surface area contributed by atoms with Crippen molar-refractivity contribution in [2.45, 2.75) is 50.4 Å². The number of nitrogens with zero attached hydrogens (tertiary/aromatic N) is 3. The number of hydrogen-bond donors (Lipinski definition) is 1. The van der Waals surface area contributed by atoms with Gasteiger partial charge in [-0.25, -0.2) is 9.78 Å². The lowest BCUT2D eigenvalue weighted by atomic mass is 10.00. The predicted molar refractivity (Wildman–Crippen MR) is 93.0 cm³/mol. The van der Waals surface area contributed by atoms with Gasteiger partial charge in [-0.3, -0.25) is 4.98 Å². The highest BCUT2D eigenvalue weighted by atomic mass is 16.5. The van der Waals surface area contributed by atoms with E-state index in [1.54, 1.807) is 18.6 Å². The fourth-order valence-electron chi connectivity index (χ4n) is 3.91. The Morgan fingerprint density at radius 3 is 2.68 bits per heavy atom. The van der Waals surface area contributed by atoms with Gasteiger partial charge in [0, 0.05) is 56.1 Å². The van der Waals surface area contributed by atoms with Crippen molar-refractivity contribution >= 4 is 6.03 Å². The Hall–Kier alpha value is -2.63. The third-order valence-corrected chi connectivity index (χ3v) is 5.02. The van der Waals surface area contributed by atoms with E-state index in [0.29, 0.717) is 12.4 Å². The van der Waals surface area contributed by atoms with Gasteiger partial charge in [0.15, 0.2) is 0 Å². The first kappa shape index (κ1) is 15.9. The quantitative estimate of drug-likeness (QED) is 0.931. The molecule has 2 unspecified atom stereocenters. The summed E-state index contributed by atoms with van der Waals surface area (Å²) < 4.78 is 6.02. The van der Waals surface area contributed by atoms with Crippen LogP contribution < -0.4 is 10.1 Å². The van der Waals surface area contributed by atoms with Crippen LogP contribution in [0.4, 0.5) is 4.79 Å². The third-order valence-electron chi connectivity index (χ3n) is 5.02. The number of aromatic nitrogens is 2. The summed E-state index contributed by atoms with van der Waals surface area (Å²) in [6.07, 6.45) is 9.22. The van der Waals surface area contributed by atoms with Crippen LogP contribution in [-0.2, 0) is 6.54 Å². The van der Waals surface area contributed by atoms with Gasteiger partial charge < -0.3 is 15.0 Å². The van der Waals surface area contributed by atoms with E-state index in [0.717, 1.165) is 31.2 Å². The Kier molecular flexibility index (Phi) is 4.50. The van der Waals surface area contributed by atoms with Crippen molar-refractivity contribution in [2.75, 3.05) is 0 Å². The lowest BCUT2D eigenvalue weighted by molar-refractivity contribution is 0.0660. The van der Waals surface area contributed by atoms with E-state index in [9.17, 15) is 4.79 Å². The van der Waals surface area contributed by atoms with E-state index < -0.39 is 0 Å². The summed E-state index contributed by atoms with van der Waals surface area (Å²) in [5, 5.41) is 3.03. The number of rotatable bonds is 4. The summed E-state index contributed by atoms with van der Waals surface area (Å²) in [5.41, 5.74) is 1.01. The van der Waals surface area contributed by atoms with Gasteiger partial charge in [-0.2, -0.15) is 0 Å². The molecule has 6 nitrogen and oxygen atoms in total. The summed E-state index contributed by atoms with van der Waals surface area (Å²) in [5.74, 6) is 0.668. The van der Waals surface area contributed by atoms with Crippen LogP contribution in [0, 0.1) is 0 Å². The average molecular weight is 338 g/mol. The molecule has 2 aliphatic heterocycles. The first-order chi connectivity index (χ1) is 12.3. The van der Waals surface area contributed by atoms with Crippen LogP contribution in [0.1, 0.15) is 31.2 Å². The molecule has 0 aliphatic carbocycles. The second kappa shape index (κ2) is 7.09. The van der Waals surface area contributed by atoms with E-state index in [2.05, 4.69) is 15.3 Å². The standard InChI is InChI=1S/C19H22N4O2/c24-19(22-13-14-4-3-8-20-12-14)23-15-6-7-16(23)11-17(10-15)25-18-5-1-2-9-21-18/h1-5,8-9,12,15-17H,6-7,10-11,13H2,(H,22,24). The molecule has 1 N–H and O–H groups in total. The topological polar surface area (TPSA) is 67.4 Å². The number of nitrogens with one attached hydrogen (secondary N) is 1. The maximum atomic E-state index is 12.6. The molecular formula is C19H22N4O2. The monoisotopic (exact) mass is 338 g/mol. The lowest BCUT2D eigenvalue weighted by Gasteiger charge is -2.38. The largest absolute Gasteiger partial charge is 0.474 e. The molecule has 4 heterocycles. The molecule has 2 aliphatic rings. The van der Waals surface area contributed by atoms with Gasteiger partial charge in [-0.05, 0) is 30.5 Å². The minimum atomic E-state index is 0.0210. The fraction of sp³-hybridized carbons (Fsp3) is 0.421. The average Bonchev–Trinajstić information content (AvgIpc) is 2.92. The van der Waals surface area contributed by atoms with Crippen LogP contribution in [0.25, 0.3) is 0 Å². The van der Waals surface area contributed by atoms with Gasteiger partial charge in [-0.1, -0.05) is 12.1 Å². The van der Waals surface area contributed by atoms with Crippen molar-refractivity contribution in [3.63, 3.8) is 0 Å². The van der Waals surface area contributed by atoms with Crippen LogP contribution in [0.2, 0.25) is 0 Å². The highest BCUT2D eigenvalue weighted by Gasteiger charge is 2.44. The number of piperidine rings is 1. The van der Waals surface area contributed by atoms with E-state index >= 15 is 0 Å². The minimum absolute atomic E-state index is 0.0210. The fourth-order valence-corrected chi connectivity index (χ4v) is 3.91. The highest BCUT2D eigenvalue weighted by Crippen LogP contribution is 2.37. The molecule has 6 heteroatoms. The molecule has 0 saturated carbocycles. The van der Waals surface area contributed by atoms with Crippen LogP contribution in [0.3, 0.4) is 0 Å². The van der Waals surface area contributed by atoms with E-state index in [4.69, 9.17) is 4.74 Å². The van der Waals surface area contributed by atoms with Gasteiger partial charge >= 0.3 is 6.03 Å². The van der Waals surface area contributed by atoms with Gasteiger partial charge in [0.2, 0.25) is 5.88 Å². The first-order valence-corrected chi connectivity index (χ1v) is 8.82. The molecule has 2 atom stereocenters. The SMILES string of the molecule is O=C(NCc1cccnc1)N1C2CCC1CC(Oc1ccccn1)C2. The predicted octanol–water partition coefficient (Wildman–Crippen LogP) is 2.76. The van der Waals surface area contributed by atoms with Crippen molar-refractivity contribution < 1.29 is 9.53 Å². The van der Waals surface area contributed by atoms with Crippen molar-refractivity contribution in [1.82, 2.24) is 20.2 Å². The number of hydrogen-bond acceptors (Lipinski definition) is 4. The molecule has 25 heavy (non-hydrogen) atoms. The van der Waals surface area contributed by atoms with Gasteiger partial charge in [0.25, 0.3) is 0 Å². The highest BCUT2D eigenvalue weighted by molar-refractivity contribution is 5.75. The summed E-state index contributed by atoms with van der Waals surface area (Å²) in [7, 11) is 0. The van der Waals surface area contributed by atoms with Crippen molar-refractivity contribution in [3.05, 3.63) is 54.5 Å². The molecule has 2 saturated heterocycles. The Bertz CT molecular complexity index is 696. The van der Waals surface area contributed by atoms with Gasteiger partial charge in [0.1, 0.15) is 6.10 Å². The Morgan fingerprint density at radius 1 is 1.16 bits per heavy atom. The number of carbonyl (C=O) groups is 1. The zero-order valence-electron chi connectivity index (χ0n) is 14.0. The van der Waals surface area contributed by atoms with Crippen molar-refractivity contribution in [1.29, 1.82) is 0 Å². The van der Waals surface area contributed by atoms with Crippen LogP contribution in [-0.4, -0.2) is 39.1 Å². The second-order valence-electron chi connectivity index (χ2n) is 6.69. The maximum Gasteiger partial charge on any atom is 0.318 e. The summed E-state index contributed by atoms with van der Waals surface area (Å²) in [4.78, 5) is 23.0. The molecule has 0 radical (unpaired) electrons. The molecular weight excluding hydrogens is 316 g/mol. The number of fused-ring (bicyclic) bond motifs is 2. The Labute approximate surface area is 147 Å². The first-order valence-electron chi connectivity index (χ1n) is 8.82. The Morgan fingerprint density at radius 2 is 2.00 bits per heavy atom. The molecule has 0 aromatic carbocycles. The molecule has 2 aromatic rings. The number of pyridine rings is 2. The second-order valence-corrected chi connectivity index (χ2v) is 6.69. The number of ether oxygens (including phenoxy) is 1. The van der Waals surface area contributed by atoms with E-state index in [1.165, 1.54) is 0 Å². The normalized spacial score (nSPS) is 24.8. The molecule has 2 amide bonds. The smallest absolute Gasteiger partial charge is 0.318 e. The van der Waals surface area contributed by atoms with E-state index in [1.807, 2.05) is 35.2 Å². The van der Waals surface area contributed by atoms with Crippen LogP contribution in [0.5, 0.6) is 5.88 Å². The zero-order valence-corrected chi connectivity index (χ0v) is 14.0. The molecule has 0 spiro atoms. The molecule has 2 fully saturated rings. The van der Waals surface area contributed by atoms with E-state index in [-0.39, 0.29) is 24.2 Å². The van der Waals surface area contributed by atoms with Crippen LogP contribution in [0.15, 0.2) is 48.9 Å². The molecule has 130 valence electrons. The van der Waals surface area contributed by atoms with Crippen molar-refractivity contribution in [3.8, 4) is 5.88 Å². The molecule has 2 aromatic heterocycles. The van der Waals surface area contributed by atoms with Gasteiger partial charge in [-0.15, -0.1) is 0 Å². The number of urea groups is 1. The molecule has 4 rings (SSSR count). The summed E-state index contributed by atoms with van der Waals surface area (Å²) in [6, 6.07) is 10.1. The maximum absolute atomic E-state index is 12.6. The molecule has 2 bridgehead atoms. The van der Waals surface area contributed by atoms with Crippen LogP contribution >= 0.6 is 0 Å². The number of amides is 2. The van der Waals surface area contributed by atoms with Crippen molar-refractivity contribution in [2.24, 2.45) is 0 Å². The minimum Gasteiger partial charge on any atom is -0.474 e. The zero-order chi connectivity index (χ0) is 17.1. The third kappa shape index (κ3) is 3.57. The lowest BCUT2D eigenvalue weighted by Crippen LogP contribution is -2.52.